The van der Waals surface area contributed by atoms with Crippen LogP contribution in [0.15, 0.2) is 72.4 Å². The molecule has 6 nitrogen and oxygen atoms in total. The normalized spacial score (nSPS) is 16.5. The van der Waals surface area contributed by atoms with Gasteiger partial charge in [-0.3, -0.25) is 4.57 Å². The second kappa shape index (κ2) is 10.4. The van der Waals surface area contributed by atoms with Crippen molar-refractivity contribution in [2.45, 2.75) is 25.8 Å². The molecule has 1 aromatic carbocycles. The molecule has 1 aliphatic rings. The van der Waals surface area contributed by atoms with Crippen LogP contribution in [0.1, 0.15) is 30.4 Å². The Morgan fingerprint density at radius 2 is 2.03 bits per heavy atom. The highest BCUT2D eigenvalue weighted by atomic mass is 127. The van der Waals surface area contributed by atoms with Gasteiger partial charge in [0.2, 0.25) is 0 Å². The van der Waals surface area contributed by atoms with Gasteiger partial charge in [-0.25, -0.2) is 15.0 Å². The molecule has 3 heterocycles. The van der Waals surface area contributed by atoms with Gasteiger partial charge in [-0.1, -0.05) is 36.4 Å². The fraction of sp³-hybridized carbons (Fsp3) is 0.318. The maximum atomic E-state index is 4.92. The first-order chi connectivity index (χ1) is 13.8. The van der Waals surface area contributed by atoms with Crippen molar-refractivity contribution in [2.24, 2.45) is 4.99 Å². The number of rotatable bonds is 5. The van der Waals surface area contributed by atoms with Gasteiger partial charge in [0.05, 0.1) is 6.54 Å². The van der Waals surface area contributed by atoms with Gasteiger partial charge < -0.3 is 10.2 Å². The van der Waals surface area contributed by atoms with Crippen LogP contribution in [-0.4, -0.2) is 45.0 Å². The van der Waals surface area contributed by atoms with Gasteiger partial charge >= 0.3 is 0 Å². The number of pyridine rings is 1. The molecule has 0 radical (unpaired) electrons. The molecule has 0 aliphatic carbocycles. The lowest BCUT2D eigenvalue weighted by atomic mass is 9.99. The zero-order valence-electron chi connectivity index (χ0n) is 16.6. The Balaban J connectivity index is 0.00000240. The van der Waals surface area contributed by atoms with Crippen LogP contribution in [0.3, 0.4) is 0 Å². The number of hydrogen-bond donors (Lipinski definition) is 1. The number of aromatic nitrogens is 3. The second-order valence-electron chi connectivity index (χ2n) is 6.97. The first-order valence-electron chi connectivity index (χ1n) is 9.85. The quantitative estimate of drug-likeness (QED) is 0.327. The molecule has 3 aromatic rings. The van der Waals surface area contributed by atoms with Crippen molar-refractivity contribution in [1.29, 1.82) is 0 Å². The van der Waals surface area contributed by atoms with E-state index in [0.717, 1.165) is 43.4 Å². The van der Waals surface area contributed by atoms with Crippen LogP contribution in [0.2, 0.25) is 0 Å². The highest BCUT2D eigenvalue weighted by Gasteiger charge is 2.25. The predicted octanol–water partition coefficient (Wildman–Crippen LogP) is 3.84. The van der Waals surface area contributed by atoms with Crippen LogP contribution < -0.4 is 5.32 Å². The summed E-state index contributed by atoms with van der Waals surface area (Å²) < 4.78 is 1.93. The van der Waals surface area contributed by atoms with Crippen LogP contribution in [-0.2, 0) is 6.54 Å². The van der Waals surface area contributed by atoms with Crippen molar-refractivity contribution in [3.05, 3.63) is 78.5 Å². The fourth-order valence-electron chi connectivity index (χ4n) is 3.71. The Kier molecular flexibility index (Phi) is 7.62. The summed E-state index contributed by atoms with van der Waals surface area (Å²) in [7, 11) is 0. The van der Waals surface area contributed by atoms with Crippen LogP contribution in [0.4, 0.5) is 0 Å². The Morgan fingerprint density at radius 1 is 1.17 bits per heavy atom. The summed E-state index contributed by atoms with van der Waals surface area (Å²) in [4.78, 5) is 15.9. The van der Waals surface area contributed by atoms with Crippen molar-refractivity contribution in [2.75, 3.05) is 19.6 Å². The number of likely N-dealkylation sites (tertiary alicyclic amines) is 1. The minimum absolute atomic E-state index is 0. The molecule has 7 heteroatoms. The molecule has 1 unspecified atom stereocenters. The van der Waals surface area contributed by atoms with Crippen LogP contribution in [0.5, 0.6) is 0 Å². The number of nitrogens with zero attached hydrogens (tertiary/aromatic N) is 5. The molecule has 0 bridgehead atoms. The third kappa shape index (κ3) is 5.14. The summed E-state index contributed by atoms with van der Waals surface area (Å²) in [5, 5.41) is 3.46. The standard InChI is InChI=1S/C22H26N6.HI/c1-2-24-22(27-13-10-20(16-27)18-7-4-3-5-8-18)26-15-19-9-6-11-25-21(19)28-14-12-23-17-28;/h3-9,11-12,14,17,20H,2,10,13,15-16H2,1H3,(H,24,26);1H. The lowest BCUT2D eigenvalue weighted by molar-refractivity contribution is 0.486. The van der Waals surface area contributed by atoms with Crippen LogP contribution in [0, 0.1) is 0 Å². The average Bonchev–Trinajstić information content (AvgIpc) is 3.44. The average molecular weight is 502 g/mol. The molecule has 1 aliphatic heterocycles. The molecule has 1 N–H and O–H groups in total. The lowest BCUT2D eigenvalue weighted by Gasteiger charge is -2.22. The van der Waals surface area contributed by atoms with Crippen molar-refractivity contribution >= 4 is 29.9 Å². The predicted molar refractivity (Wildman–Crippen MR) is 127 cm³/mol. The third-order valence-electron chi connectivity index (χ3n) is 5.11. The highest BCUT2D eigenvalue weighted by Crippen LogP contribution is 2.27. The number of guanidine groups is 1. The number of aliphatic imine (C=N–C) groups is 1. The molecule has 0 spiro atoms. The van der Waals surface area contributed by atoms with E-state index < -0.39 is 0 Å². The largest absolute Gasteiger partial charge is 0.357 e. The molecule has 1 atom stereocenters. The summed E-state index contributed by atoms with van der Waals surface area (Å²) >= 11 is 0. The van der Waals surface area contributed by atoms with E-state index in [-0.39, 0.29) is 24.0 Å². The van der Waals surface area contributed by atoms with E-state index in [2.05, 4.69) is 63.5 Å². The summed E-state index contributed by atoms with van der Waals surface area (Å²) in [5.74, 6) is 2.41. The van der Waals surface area contributed by atoms with Gasteiger partial charge in [0, 0.05) is 49.7 Å². The first kappa shape index (κ1) is 21.3. The molecular formula is C22H27IN6. The number of halogens is 1. The van der Waals surface area contributed by atoms with Crippen molar-refractivity contribution in [3.8, 4) is 5.82 Å². The van der Waals surface area contributed by atoms with E-state index in [1.54, 1.807) is 18.7 Å². The Hall–Kier alpha value is -2.42. The van der Waals surface area contributed by atoms with Gasteiger partial charge in [-0.15, -0.1) is 24.0 Å². The molecule has 0 saturated carbocycles. The van der Waals surface area contributed by atoms with E-state index in [1.165, 1.54) is 5.56 Å². The highest BCUT2D eigenvalue weighted by molar-refractivity contribution is 14.0. The smallest absolute Gasteiger partial charge is 0.194 e. The molecule has 29 heavy (non-hydrogen) atoms. The van der Waals surface area contributed by atoms with Gasteiger partial charge in [-0.2, -0.15) is 0 Å². The van der Waals surface area contributed by atoms with Crippen LogP contribution >= 0.6 is 24.0 Å². The summed E-state index contributed by atoms with van der Waals surface area (Å²) in [6.07, 6.45) is 8.40. The topological polar surface area (TPSA) is 58.3 Å². The Morgan fingerprint density at radius 3 is 2.79 bits per heavy atom. The fourth-order valence-corrected chi connectivity index (χ4v) is 3.71. The molecule has 1 saturated heterocycles. The van der Waals surface area contributed by atoms with Crippen LogP contribution in [0.25, 0.3) is 5.82 Å². The molecule has 152 valence electrons. The van der Waals surface area contributed by atoms with E-state index in [9.17, 15) is 0 Å². The minimum Gasteiger partial charge on any atom is -0.357 e. The first-order valence-corrected chi connectivity index (χ1v) is 9.85. The summed E-state index contributed by atoms with van der Waals surface area (Å²) in [6, 6.07) is 14.8. The van der Waals surface area contributed by atoms with Gasteiger partial charge in [0.1, 0.15) is 12.1 Å². The van der Waals surface area contributed by atoms with E-state index in [4.69, 9.17) is 4.99 Å². The van der Waals surface area contributed by atoms with E-state index in [0.29, 0.717) is 12.5 Å². The summed E-state index contributed by atoms with van der Waals surface area (Å²) in [6.45, 7) is 5.56. The van der Waals surface area contributed by atoms with Gasteiger partial charge in [-0.05, 0) is 25.0 Å². The maximum absolute atomic E-state index is 4.92. The third-order valence-corrected chi connectivity index (χ3v) is 5.11. The van der Waals surface area contributed by atoms with Crippen molar-refractivity contribution in [1.82, 2.24) is 24.8 Å². The number of hydrogen-bond acceptors (Lipinski definition) is 3. The van der Waals surface area contributed by atoms with Gasteiger partial charge in [0.25, 0.3) is 0 Å². The van der Waals surface area contributed by atoms with E-state index >= 15 is 0 Å². The number of imidazole rings is 1. The number of benzene rings is 1. The molecule has 1 fully saturated rings. The van der Waals surface area contributed by atoms with E-state index in [1.807, 2.05) is 16.8 Å². The van der Waals surface area contributed by atoms with Crippen molar-refractivity contribution < 1.29 is 0 Å². The van der Waals surface area contributed by atoms with Crippen molar-refractivity contribution in [3.63, 3.8) is 0 Å². The second-order valence-corrected chi connectivity index (χ2v) is 6.97. The minimum atomic E-state index is 0. The van der Waals surface area contributed by atoms with Gasteiger partial charge in [0.15, 0.2) is 5.96 Å². The monoisotopic (exact) mass is 502 g/mol. The zero-order chi connectivity index (χ0) is 19.2. The lowest BCUT2D eigenvalue weighted by Crippen LogP contribution is -2.40. The Labute approximate surface area is 189 Å². The molecular weight excluding hydrogens is 475 g/mol. The SMILES string of the molecule is CCNC(=NCc1cccnc1-n1ccnc1)N1CCC(c2ccccc2)C1.I. The maximum Gasteiger partial charge on any atom is 0.194 e. The Bertz CT molecular complexity index is 910. The number of nitrogens with one attached hydrogen (secondary N) is 1. The molecule has 2 aromatic heterocycles. The molecule has 4 rings (SSSR count). The zero-order valence-corrected chi connectivity index (χ0v) is 18.9. The molecule has 0 amide bonds. The summed E-state index contributed by atoms with van der Waals surface area (Å²) in [5.41, 5.74) is 2.49.